The molecular weight excluding hydrogens is 174 g/mol. The zero-order chi connectivity index (χ0) is 10.0. The fraction of sp³-hybridized carbons (Fsp3) is 0.125. The van der Waals surface area contributed by atoms with Crippen LogP contribution in [0.15, 0.2) is 12.1 Å². The predicted octanol–water partition coefficient (Wildman–Crippen LogP) is -0.311. The Balaban J connectivity index is 3.31. The highest BCUT2D eigenvalue weighted by atomic mass is 16.3. The number of nitrogens with two attached hydrogens (primary N) is 1. The number of carbonyl (C=O) groups excluding carboxylic acids is 1. The van der Waals surface area contributed by atoms with Gasteiger partial charge in [0.15, 0.2) is 11.5 Å². The molecule has 0 unspecified atom stereocenters. The monoisotopic (exact) mass is 183 g/mol. The lowest BCUT2D eigenvalue weighted by molar-refractivity contribution is 0.0997. The smallest absolute Gasteiger partial charge is 0.252 e. The predicted molar refractivity (Wildman–Crippen MR) is 44.2 cm³/mol. The molecule has 5 heteroatoms. The lowest BCUT2D eigenvalue weighted by Crippen LogP contribution is -2.11. The van der Waals surface area contributed by atoms with Gasteiger partial charge in [0, 0.05) is 5.56 Å². The Morgan fingerprint density at radius 1 is 1.31 bits per heavy atom. The van der Waals surface area contributed by atoms with Crippen molar-refractivity contribution in [3.8, 4) is 11.5 Å². The molecule has 0 aliphatic rings. The van der Waals surface area contributed by atoms with Gasteiger partial charge in [0.25, 0.3) is 5.91 Å². The van der Waals surface area contributed by atoms with Gasteiger partial charge >= 0.3 is 0 Å². The third kappa shape index (κ3) is 1.54. The van der Waals surface area contributed by atoms with Crippen LogP contribution in [-0.2, 0) is 6.61 Å². The Labute approximate surface area is 74.0 Å². The molecule has 1 aromatic rings. The van der Waals surface area contributed by atoms with Crippen LogP contribution in [0.1, 0.15) is 15.9 Å². The van der Waals surface area contributed by atoms with Crippen LogP contribution in [0.25, 0.3) is 0 Å². The molecule has 0 fully saturated rings. The normalized spacial score (nSPS) is 9.92. The third-order valence-corrected chi connectivity index (χ3v) is 1.67. The van der Waals surface area contributed by atoms with Crippen LogP contribution in [0, 0.1) is 0 Å². The molecule has 0 radical (unpaired) electrons. The van der Waals surface area contributed by atoms with E-state index in [1.54, 1.807) is 0 Å². The van der Waals surface area contributed by atoms with Crippen LogP contribution in [0.4, 0.5) is 0 Å². The fourth-order valence-corrected chi connectivity index (χ4v) is 0.948. The summed E-state index contributed by atoms with van der Waals surface area (Å²) >= 11 is 0. The van der Waals surface area contributed by atoms with E-state index >= 15 is 0 Å². The van der Waals surface area contributed by atoms with Gasteiger partial charge in [0.05, 0.1) is 12.2 Å². The number of aliphatic hydroxyl groups excluding tert-OH is 1. The molecule has 13 heavy (non-hydrogen) atoms. The summed E-state index contributed by atoms with van der Waals surface area (Å²) in [7, 11) is 0. The van der Waals surface area contributed by atoms with E-state index in [1.807, 2.05) is 0 Å². The molecule has 0 saturated carbocycles. The van der Waals surface area contributed by atoms with Crippen molar-refractivity contribution in [2.75, 3.05) is 0 Å². The van der Waals surface area contributed by atoms with Gasteiger partial charge in [-0.3, -0.25) is 4.79 Å². The largest absolute Gasteiger partial charge is 0.504 e. The Morgan fingerprint density at radius 3 is 2.38 bits per heavy atom. The van der Waals surface area contributed by atoms with E-state index in [0.717, 1.165) is 0 Å². The molecule has 0 aliphatic carbocycles. The zero-order valence-electron chi connectivity index (χ0n) is 6.69. The Bertz CT molecular complexity index is 348. The molecule has 5 nitrogen and oxygen atoms in total. The van der Waals surface area contributed by atoms with E-state index in [4.69, 9.17) is 10.8 Å². The third-order valence-electron chi connectivity index (χ3n) is 1.67. The molecule has 1 rings (SSSR count). The molecule has 0 heterocycles. The number of hydrogen-bond donors (Lipinski definition) is 4. The van der Waals surface area contributed by atoms with Gasteiger partial charge in [-0.1, -0.05) is 6.07 Å². The van der Waals surface area contributed by atoms with Gasteiger partial charge in [0.2, 0.25) is 0 Å². The number of primary amides is 1. The average molecular weight is 183 g/mol. The lowest BCUT2D eigenvalue weighted by Gasteiger charge is -2.05. The molecule has 1 aromatic carbocycles. The van der Waals surface area contributed by atoms with E-state index in [1.165, 1.54) is 12.1 Å². The number of amides is 1. The van der Waals surface area contributed by atoms with Crippen LogP contribution in [0.3, 0.4) is 0 Å². The van der Waals surface area contributed by atoms with Crippen molar-refractivity contribution in [3.63, 3.8) is 0 Å². The summed E-state index contributed by atoms with van der Waals surface area (Å²) in [5.74, 6) is -1.95. The minimum atomic E-state index is -0.836. The van der Waals surface area contributed by atoms with Crippen molar-refractivity contribution < 1.29 is 20.1 Å². The minimum Gasteiger partial charge on any atom is -0.504 e. The number of phenols is 2. The van der Waals surface area contributed by atoms with Gasteiger partial charge in [-0.15, -0.1) is 0 Å². The molecular formula is C8H9NO4. The second kappa shape index (κ2) is 3.32. The van der Waals surface area contributed by atoms with Crippen LogP contribution in [0.5, 0.6) is 11.5 Å². The first kappa shape index (κ1) is 9.34. The summed E-state index contributed by atoms with van der Waals surface area (Å²) in [5.41, 5.74) is 4.87. The number of aliphatic hydroxyl groups is 1. The van der Waals surface area contributed by atoms with Crippen LogP contribution < -0.4 is 5.73 Å². The molecule has 0 aliphatic heterocycles. The number of rotatable bonds is 2. The Kier molecular flexibility index (Phi) is 2.39. The van der Waals surface area contributed by atoms with Crippen LogP contribution in [0.2, 0.25) is 0 Å². The van der Waals surface area contributed by atoms with E-state index in [9.17, 15) is 15.0 Å². The van der Waals surface area contributed by atoms with Crippen molar-refractivity contribution in [3.05, 3.63) is 23.3 Å². The topological polar surface area (TPSA) is 104 Å². The Morgan fingerprint density at radius 2 is 1.92 bits per heavy atom. The van der Waals surface area contributed by atoms with Crippen molar-refractivity contribution in [2.24, 2.45) is 5.73 Å². The highest BCUT2D eigenvalue weighted by Crippen LogP contribution is 2.32. The number of hydrogen-bond acceptors (Lipinski definition) is 4. The molecule has 0 saturated heterocycles. The van der Waals surface area contributed by atoms with Crippen LogP contribution >= 0.6 is 0 Å². The van der Waals surface area contributed by atoms with E-state index in [0.29, 0.717) is 0 Å². The molecule has 70 valence electrons. The van der Waals surface area contributed by atoms with Crippen molar-refractivity contribution in [2.45, 2.75) is 6.61 Å². The molecule has 0 spiro atoms. The molecule has 5 N–H and O–H groups in total. The zero-order valence-corrected chi connectivity index (χ0v) is 6.69. The lowest BCUT2D eigenvalue weighted by atomic mass is 10.1. The standard InChI is InChI=1S/C8H9NO4/c9-8(13)5-2-1-4(3-10)6(11)7(5)12/h1-2,10-12H,3H2,(H2,9,13). The first-order valence-corrected chi connectivity index (χ1v) is 3.52. The number of carbonyl (C=O) groups is 1. The first-order chi connectivity index (χ1) is 6.07. The van der Waals surface area contributed by atoms with Crippen molar-refractivity contribution >= 4 is 5.91 Å². The van der Waals surface area contributed by atoms with E-state index < -0.39 is 24.0 Å². The van der Waals surface area contributed by atoms with E-state index in [-0.39, 0.29) is 11.1 Å². The van der Waals surface area contributed by atoms with Crippen molar-refractivity contribution in [1.29, 1.82) is 0 Å². The molecule has 0 atom stereocenters. The fourth-order valence-electron chi connectivity index (χ4n) is 0.948. The van der Waals surface area contributed by atoms with Gasteiger partial charge in [-0.2, -0.15) is 0 Å². The summed E-state index contributed by atoms with van der Waals surface area (Å²) in [6.45, 7) is -0.418. The summed E-state index contributed by atoms with van der Waals surface area (Å²) in [5, 5.41) is 27.1. The van der Waals surface area contributed by atoms with Crippen molar-refractivity contribution in [1.82, 2.24) is 0 Å². The molecule has 1 amide bonds. The number of aromatic hydroxyl groups is 2. The van der Waals surface area contributed by atoms with Gasteiger partial charge in [-0.05, 0) is 6.07 Å². The minimum absolute atomic E-state index is 0.141. The highest BCUT2D eigenvalue weighted by molar-refractivity contribution is 5.96. The maximum absolute atomic E-state index is 10.7. The summed E-state index contributed by atoms with van der Waals surface area (Å²) in [4.78, 5) is 10.7. The highest BCUT2D eigenvalue weighted by Gasteiger charge is 2.14. The van der Waals surface area contributed by atoms with Crippen LogP contribution in [-0.4, -0.2) is 21.2 Å². The second-order valence-corrected chi connectivity index (χ2v) is 2.49. The van der Waals surface area contributed by atoms with E-state index in [2.05, 4.69) is 0 Å². The summed E-state index contributed by atoms with van der Waals surface area (Å²) < 4.78 is 0. The number of benzene rings is 1. The van der Waals surface area contributed by atoms with Gasteiger partial charge in [-0.25, -0.2) is 0 Å². The SMILES string of the molecule is NC(=O)c1ccc(CO)c(O)c1O. The summed E-state index contributed by atoms with van der Waals surface area (Å²) in [6, 6.07) is 2.55. The Hall–Kier alpha value is -1.75. The van der Waals surface area contributed by atoms with Gasteiger partial charge in [0.1, 0.15) is 0 Å². The summed E-state index contributed by atoms with van der Waals surface area (Å²) in [6.07, 6.45) is 0. The maximum Gasteiger partial charge on any atom is 0.252 e. The second-order valence-electron chi connectivity index (χ2n) is 2.49. The molecule has 0 aromatic heterocycles. The average Bonchev–Trinajstić information content (AvgIpc) is 2.09. The quantitative estimate of drug-likeness (QED) is 0.472. The maximum atomic E-state index is 10.7. The van der Waals surface area contributed by atoms with Gasteiger partial charge < -0.3 is 21.1 Å². The first-order valence-electron chi connectivity index (χ1n) is 3.52. The molecule has 0 bridgehead atoms.